The topological polar surface area (TPSA) is 30.5 Å². The van der Waals surface area contributed by atoms with E-state index in [2.05, 4.69) is 26.1 Å². The number of halogens is 1. The number of hydrogen-bond donors (Lipinski definition) is 1. The smallest absolute Gasteiger partial charge is 0.404 e. The first kappa shape index (κ1) is 14.2. The lowest BCUT2D eigenvalue weighted by atomic mass is 9.43. The van der Waals surface area contributed by atoms with Gasteiger partial charge in [0, 0.05) is 5.94 Å². The zero-order valence-electron chi connectivity index (χ0n) is 12.1. The number of rotatable bonds is 1. The van der Waals surface area contributed by atoms with Gasteiger partial charge in [0.25, 0.3) is 0 Å². The van der Waals surface area contributed by atoms with E-state index in [1.807, 2.05) is 0 Å². The van der Waals surface area contributed by atoms with E-state index in [0.717, 1.165) is 12.5 Å². The molecule has 5 rings (SSSR count). The zero-order valence-corrected chi connectivity index (χ0v) is 13.0. The zero-order chi connectivity index (χ0) is 12.5. The Morgan fingerprint density at radius 3 is 2.63 bits per heavy atom. The summed E-state index contributed by atoms with van der Waals surface area (Å²) in [5, 5.41) is 3.52. The number of hydrogen-bond acceptors (Lipinski definition) is 3. The molecule has 19 heavy (non-hydrogen) atoms. The van der Waals surface area contributed by atoms with Crippen LogP contribution in [-0.4, -0.2) is 31.3 Å². The molecule has 0 radical (unpaired) electrons. The van der Waals surface area contributed by atoms with E-state index in [0.29, 0.717) is 23.4 Å². The Labute approximate surface area is 122 Å². The molecule has 0 spiro atoms. The highest BCUT2D eigenvalue weighted by molar-refractivity contribution is 6.47. The fourth-order valence-electron chi connectivity index (χ4n) is 5.01. The van der Waals surface area contributed by atoms with Gasteiger partial charge in [-0.05, 0) is 56.4 Å². The van der Waals surface area contributed by atoms with Crippen molar-refractivity contribution in [1.29, 1.82) is 0 Å². The molecule has 2 heterocycles. The fourth-order valence-corrected chi connectivity index (χ4v) is 5.01. The summed E-state index contributed by atoms with van der Waals surface area (Å²) in [6.45, 7) is 8.25. The van der Waals surface area contributed by atoms with Crippen LogP contribution in [0.4, 0.5) is 0 Å². The van der Waals surface area contributed by atoms with Crippen LogP contribution < -0.4 is 5.32 Å². The number of nitrogens with one attached hydrogen (secondary N) is 1. The van der Waals surface area contributed by atoms with Gasteiger partial charge in [0.05, 0.1) is 11.7 Å². The molecule has 5 atom stereocenters. The lowest BCUT2D eigenvalue weighted by molar-refractivity contribution is -0.199. The van der Waals surface area contributed by atoms with E-state index >= 15 is 0 Å². The van der Waals surface area contributed by atoms with Crippen molar-refractivity contribution in [3.63, 3.8) is 0 Å². The highest BCUT2D eigenvalue weighted by Gasteiger charge is 2.68. The van der Waals surface area contributed by atoms with Crippen molar-refractivity contribution in [2.24, 2.45) is 17.3 Å². The maximum Gasteiger partial charge on any atom is 0.475 e. The van der Waals surface area contributed by atoms with Crippen LogP contribution in [0.15, 0.2) is 0 Å². The Hall–Kier alpha value is 0.235. The predicted octanol–water partition coefficient (Wildman–Crippen LogP) is 2.43. The SMILES string of the molecule is CC1(C)[C@@H]2C[C@H]1[C@]1(C)OB([C@H]3CCCN3)O[C@@H]1C2.Cl. The second-order valence-electron chi connectivity index (χ2n) is 7.54. The van der Waals surface area contributed by atoms with Gasteiger partial charge < -0.3 is 14.6 Å². The van der Waals surface area contributed by atoms with Gasteiger partial charge in [0.2, 0.25) is 0 Å². The first-order valence-electron chi connectivity index (χ1n) is 7.58. The van der Waals surface area contributed by atoms with E-state index in [1.54, 1.807) is 0 Å². The first-order valence-corrected chi connectivity index (χ1v) is 7.58. The van der Waals surface area contributed by atoms with Crippen LogP contribution in [0.3, 0.4) is 0 Å². The molecule has 2 aliphatic heterocycles. The quantitative estimate of drug-likeness (QED) is 0.751. The third-order valence-corrected chi connectivity index (χ3v) is 6.40. The van der Waals surface area contributed by atoms with Crippen LogP contribution in [0, 0.1) is 17.3 Å². The summed E-state index contributed by atoms with van der Waals surface area (Å²) in [5.74, 6) is 1.95. The van der Waals surface area contributed by atoms with Gasteiger partial charge in [-0.1, -0.05) is 13.8 Å². The van der Waals surface area contributed by atoms with Crippen LogP contribution in [0.5, 0.6) is 0 Å². The second kappa shape index (κ2) is 4.36. The van der Waals surface area contributed by atoms with Gasteiger partial charge in [-0.3, -0.25) is 0 Å². The Kier molecular flexibility index (Phi) is 3.26. The minimum Gasteiger partial charge on any atom is -0.404 e. The molecule has 108 valence electrons. The molecule has 0 aromatic heterocycles. The van der Waals surface area contributed by atoms with Crippen molar-refractivity contribution in [2.75, 3.05) is 6.54 Å². The average Bonchev–Trinajstić information content (AvgIpc) is 2.92. The van der Waals surface area contributed by atoms with Crippen molar-refractivity contribution in [2.45, 2.75) is 64.1 Å². The summed E-state index contributed by atoms with van der Waals surface area (Å²) in [5.41, 5.74) is 0.416. The maximum absolute atomic E-state index is 6.44. The molecular weight excluding hydrogens is 260 g/mol. The molecular formula is C14H25BClNO2. The van der Waals surface area contributed by atoms with Crippen molar-refractivity contribution in [1.82, 2.24) is 5.32 Å². The van der Waals surface area contributed by atoms with E-state index in [4.69, 9.17) is 9.31 Å². The summed E-state index contributed by atoms with van der Waals surface area (Å²) in [6.07, 6.45) is 5.33. The van der Waals surface area contributed by atoms with E-state index < -0.39 is 0 Å². The van der Waals surface area contributed by atoms with Crippen LogP contribution in [-0.2, 0) is 9.31 Å². The summed E-state index contributed by atoms with van der Waals surface area (Å²) >= 11 is 0. The Balaban J connectivity index is 0.00000110. The predicted molar refractivity (Wildman–Crippen MR) is 78.4 cm³/mol. The molecule has 3 nitrogen and oxygen atoms in total. The van der Waals surface area contributed by atoms with Crippen LogP contribution >= 0.6 is 12.4 Å². The van der Waals surface area contributed by atoms with E-state index in [9.17, 15) is 0 Å². The first-order chi connectivity index (χ1) is 8.52. The van der Waals surface area contributed by atoms with Crippen molar-refractivity contribution < 1.29 is 9.31 Å². The van der Waals surface area contributed by atoms with Crippen molar-refractivity contribution >= 4 is 19.5 Å². The third kappa shape index (κ3) is 1.76. The molecule has 2 saturated heterocycles. The monoisotopic (exact) mass is 285 g/mol. The van der Waals surface area contributed by atoms with Crippen molar-refractivity contribution in [3.8, 4) is 0 Å². The maximum atomic E-state index is 6.44. The third-order valence-electron chi connectivity index (χ3n) is 6.40. The largest absolute Gasteiger partial charge is 0.475 e. The summed E-state index contributed by atoms with van der Waals surface area (Å²) in [7, 11) is -0.00218. The molecule has 5 heteroatoms. The van der Waals surface area contributed by atoms with Gasteiger partial charge >= 0.3 is 7.12 Å². The molecule has 0 aromatic rings. The second-order valence-corrected chi connectivity index (χ2v) is 7.54. The molecule has 0 aromatic carbocycles. The Bertz CT molecular complexity index is 374. The summed E-state index contributed by atoms with van der Waals surface area (Å²) in [4.78, 5) is 0. The lowest BCUT2D eigenvalue weighted by Crippen LogP contribution is -2.65. The standard InChI is InChI=1S/C14H24BNO2.ClH/c1-13(2)9-7-10(13)14(3)11(8-9)17-15(18-14)12-5-4-6-16-12;/h9-12,16H,4-8H2,1-3H3;1H/t9-,10-,11-,12-,14+;/m1./s1. The van der Waals surface area contributed by atoms with Crippen molar-refractivity contribution in [3.05, 3.63) is 0 Å². The minimum absolute atomic E-state index is 0. The summed E-state index contributed by atoms with van der Waals surface area (Å²) < 4.78 is 12.7. The van der Waals surface area contributed by atoms with Gasteiger partial charge in [-0.25, -0.2) is 0 Å². The molecule has 5 fully saturated rings. The average molecular weight is 286 g/mol. The van der Waals surface area contributed by atoms with Gasteiger partial charge in [-0.15, -0.1) is 12.4 Å². The van der Waals surface area contributed by atoms with Crippen LogP contribution in [0.1, 0.15) is 46.5 Å². The highest BCUT2D eigenvalue weighted by atomic mass is 35.5. The fraction of sp³-hybridized carbons (Fsp3) is 1.00. The Morgan fingerprint density at radius 2 is 2.00 bits per heavy atom. The highest BCUT2D eigenvalue weighted by Crippen LogP contribution is 2.65. The molecule has 5 aliphatic rings. The van der Waals surface area contributed by atoms with Gasteiger partial charge in [-0.2, -0.15) is 0 Å². The molecule has 3 saturated carbocycles. The molecule has 1 N–H and O–H groups in total. The van der Waals surface area contributed by atoms with E-state index in [-0.39, 0.29) is 25.1 Å². The lowest BCUT2D eigenvalue weighted by Gasteiger charge is -2.64. The molecule has 0 unspecified atom stereocenters. The molecule has 3 aliphatic carbocycles. The van der Waals surface area contributed by atoms with Gasteiger partial charge in [0.1, 0.15) is 0 Å². The molecule has 2 bridgehead atoms. The minimum atomic E-state index is -0.0345. The van der Waals surface area contributed by atoms with Crippen LogP contribution in [0.2, 0.25) is 0 Å². The van der Waals surface area contributed by atoms with E-state index in [1.165, 1.54) is 25.7 Å². The Morgan fingerprint density at radius 1 is 1.21 bits per heavy atom. The molecule has 0 amide bonds. The van der Waals surface area contributed by atoms with Crippen LogP contribution in [0.25, 0.3) is 0 Å². The summed E-state index contributed by atoms with van der Waals surface area (Å²) in [6, 6.07) is 0. The normalized spacial score (nSPS) is 50.4. The van der Waals surface area contributed by atoms with Gasteiger partial charge in [0.15, 0.2) is 0 Å².